The number of aromatic nitrogens is 2. The van der Waals surface area contributed by atoms with Gasteiger partial charge in [0.15, 0.2) is 0 Å². The van der Waals surface area contributed by atoms with Crippen molar-refractivity contribution in [3.05, 3.63) is 24.0 Å². The molecular formula is C14H17N3O. The van der Waals surface area contributed by atoms with Crippen molar-refractivity contribution in [1.29, 1.82) is 5.26 Å². The molecule has 0 N–H and O–H groups in total. The Bertz CT molecular complexity index is 580. The Kier molecular flexibility index (Phi) is 3.83. The minimum Gasteiger partial charge on any atom is -0.494 e. The fourth-order valence-corrected chi connectivity index (χ4v) is 2.09. The fourth-order valence-electron chi connectivity index (χ4n) is 2.09. The predicted octanol–water partition coefficient (Wildman–Crippen LogP) is 2.91. The van der Waals surface area contributed by atoms with E-state index < -0.39 is 0 Å². The molecular weight excluding hydrogens is 226 g/mol. The van der Waals surface area contributed by atoms with E-state index in [0.29, 0.717) is 13.0 Å². The Morgan fingerprint density at radius 1 is 1.39 bits per heavy atom. The first-order chi connectivity index (χ1) is 8.80. The van der Waals surface area contributed by atoms with Crippen LogP contribution in [0.25, 0.3) is 11.0 Å². The van der Waals surface area contributed by atoms with Crippen molar-refractivity contribution in [3.8, 4) is 11.8 Å². The number of aryl methyl sites for hydroxylation is 1. The summed E-state index contributed by atoms with van der Waals surface area (Å²) >= 11 is 0. The smallest absolute Gasteiger partial charge is 0.124 e. The molecule has 1 heterocycles. The van der Waals surface area contributed by atoms with Gasteiger partial charge in [-0.15, -0.1) is 0 Å². The lowest BCUT2D eigenvalue weighted by Crippen LogP contribution is -2.02. The Morgan fingerprint density at radius 3 is 2.89 bits per heavy atom. The predicted molar refractivity (Wildman–Crippen MR) is 70.5 cm³/mol. The Hall–Kier alpha value is -2.02. The van der Waals surface area contributed by atoms with Gasteiger partial charge in [-0.05, 0) is 25.5 Å². The standard InChI is InChI=1S/C14H17N3O/c1-3-9-17-13-6-5-11(18-4-2)10-12(13)16-14(17)7-8-15/h5-6,10H,3-4,7,9H2,1-2H3. The molecule has 0 spiro atoms. The van der Waals surface area contributed by atoms with Crippen LogP contribution < -0.4 is 4.74 Å². The summed E-state index contributed by atoms with van der Waals surface area (Å²) in [5.41, 5.74) is 1.98. The number of benzene rings is 1. The van der Waals surface area contributed by atoms with Gasteiger partial charge in [0.05, 0.1) is 30.1 Å². The number of rotatable bonds is 5. The van der Waals surface area contributed by atoms with E-state index in [4.69, 9.17) is 10.00 Å². The molecule has 1 aromatic carbocycles. The van der Waals surface area contributed by atoms with Crippen molar-refractivity contribution < 1.29 is 4.74 Å². The van der Waals surface area contributed by atoms with E-state index in [0.717, 1.165) is 35.6 Å². The van der Waals surface area contributed by atoms with Gasteiger partial charge in [0, 0.05) is 12.6 Å². The normalized spacial score (nSPS) is 10.5. The molecule has 2 rings (SSSR count). The number of nitriles is 1. The summed E-state index contributed by atoms with van der Waals surface area (Å²) in [5.74, 6) is 1.66. The van der Waals surface area contributed by atoms with E-state index in [-0.39, 0.29) is 0 Å². The molecule has 2 aromatic rings. The van der Waals surface area contributed by atoms with Crippen LogP contribution in [0, 0.1) is 11.3 Å². The van der Waals surface area contributed by atoms with Crippen molar-refractivity contribution >= 4 is 11.0 Å². The second kappa shape index (κ2) is 5.54. The third-order valence-corrected chi connectivity index (χ3v) is 2.79. The molecule has 0 atom stereocenters. The van der Waals surface area contributed by atoms with Gasteiger partial charge in [-0.25, -0.2) is 4.98 Å². The summed E-state index contributed by atoms with van der Waals surface area (Å²) in [4.78, 5) is 4.52. The molecule has 4 heteroatoms. The van der Waals surface area contributed by atoms with Crippen LogP contribution in [-0.4, -0.2) is 16.2 Å². The molecule has 0 fully saturated rings. The average molecular weight is 243 g/mol. The lowest BCUT2D eigenvalue weighted by Gasteiger charge is -2.06. The van der Waals surface area contributed by atoms with Gasteiger partial charge in [0.25, 0.3) is 0 Å². The maximum Gasteiger partial charge on any atom is 0.124 e. The molecule has 0 aliphatic carbocycles. The summed E-state index contributed by atoms with van der Waals surface area (Å²) in [6.07, 6.45) is 1.37. The SMILES string of the molecule is CCCn1c(CC#N)nc2cc(OCC)ccc21. The molecule has 94 valence electrons. The first kappa shape index (κ1) is 12.4. The van der Waals surface area contributed by atoms with Crippen LogP contribution in [-0.2, 0) is 13.0 Å². The van der Waals surface area contributed by atoms with Crippen LogP contribution in [0.1, 0.15) is 26.1 Å². The van der Waals surface area contributed by atoms with Crippen molar-refractivity contribution in [2.75, 3.05) is 6.61 Å². The molecule has 18 heavy (non-hydrogen) atoms. The topological polar surface area (TPSA) is 50.8 Å². The van der Waals surface area contributed by atoms with Gasteiger partial charge >= 0.3 is 0 Å². The molecule has 0 radical (unpaired) electrons. The lowest BCUT2D eigenvalue weighted by atomic mass is 10.3. The number of hydrogen-bond acceptors (Lipinski definition) is 3. The molecule has 0 aliphatic heterocycles. The summed E-state index contributed by atoms with van der Waals surface area (Å²) < 4.78 is 7.59. The Labute approximate surface area is 107 Å². The van der Waals surface area contributed by atoms with Gasteiger partial charge in [-0.2, -0.15) is 5.26 Å². The fraction of sp³-hybridized carbons (Fsp3) is 0.429. The number of hydrogen-bond donors (Lipinski definition) is 0. The van der Waals surface area contributed by atoms with Crippen molar-refractivity contribution in [1.82, 2.24) is 9.55 Å². The lowest BCUT2D eigenvalue weighted by molar-refractivity contribution is 0.340. The second-order valence-corrected chi connectivity index (χ2v) is 4.10. The second-order valence-electron chi connectivity index (χ2n) is 4.10. The minimum atomic E-state index is 0.346. The molecule has 0 saturated heterocycles. The molecule has 0 bridgehead atoms. The van der Waals surface area contributed by atoms with Crippen LogP contribution in [0.5, 0.6) is 5.75 Å². The van der Waals surface area contributed by atoms with Gasteiger partial charge in [-0.3, -0.25) is 0 Å². The molecule has 0 saturated carbocycles. The average Bonchev–Trinajstić information content (AvgIpc) is 2.68. The zero-order valence-electron chi connectivity index (χ0n) is 10.8. The third kappa shape index (κ3) is 2.30. The van der Waals surface area contributed by atoms with E-state index in [1.165, 1.54) is 0 Å². The summed E-state index contributed by atoms with van der Waals surface area (Å²) in [6.45, 7) is 5.62. The van der Waals surface area contributed by atoms with Gasteiger partial charge in [0.1, 0.15) is 11.6 Å². The summed E-state index contributed by atoms with van der Waals surface area (Å²) in [6, 6.07) is 8.08. The van der Waals surface area contributed by atoms with E-state index >= 15 is 0 Å². The van der Waals surface area contributed by atoms with E-state index in [1.54, 1.807) is 0 Å². The largest absolute Gasteiger partial charge is 0.494 e. The first-order valence-corrected chi connectivity index (χ1v) is 6.29. The minimum absolute atomic E-state index is 0.346. The maximum atomic E-state index is 8.85. The number of nitrogens with zero attached hydrogens (tertiary/aromatic N) is 3. The highest BCUT2D eigenvalue weighted by molar-refractivity contribution is 5.77. The maximum absolute atomic E-state index is 8.85. The monoisotopic (exact) mass is 243 g/mol. The quantitative estimate of drug-likeness (QED) is 0.811. The van der Waals surface area contributed by atoms with E-state index in [9.17, 15) is 0 Å². The van der Waals surface area contributed by atoms with Crippen molar-refractivity contribution in [3.63, 3.8) is 0 Å². The van der Waals surface area contributed by atoms with Crippen molar-refractivity contribution in [2.45, 2.75) is 33.2 Å². The van der Waals surface area contributed by atoms with Gasteiger partial charge in [-0.1, -0.05) is 6.92 Å². The highest BCUT2D eigenvalue weighted by atomic mass is 16.5. The van der Waals surface area contributed by atoms with Crippen LogP contribution >= 0.6 is 0 Å². The zero-order valence-corrected chi connectivity index (χ0v) is 10.8. The highest BCUT2D eigenvalue weighted by Gasteiger charge is 2.10. The molecule has 0 aliphatic rings. The van der Waals surface area contributed by atoms with Crippen LogP contribution in [0.2, 0.25) is 0 Å². The molecule has 1 aromatic heterocycles. The van der Waals surface area contributed by atoms with Gasteiger partial charge in [0.2, 0.25) is 0 Å². The van der Waals surface area contributed by atoms with Crippen LogP contribution in [0.4, 0.5) is 0 Å². The third-order valence-electron chi connectivity index (χ3n) is 2.79. The van der Waals surface area contributed by atoms with E-state index in [1.807, 2.05) is 25.1 Å². The van der Waals surface area contributed by atoms with E-state index in [2.05, 4.69) is 22.5 Å². The Balaban J connectivity index is 2.50. The highest BCUT2D eigenvalue weighted by Crippen LogP contribution is 2.22. The number of imidazole rings is 1. The summed E-state index contributed by atoms with van der Waals surface area (Å²) in [5, 5.41) is 8.85. The number of ether oxygens (including phenoxy) is 1. The Morgan fingerprint density at radius 2 is 2.22 bits per heavy atom. The van der Waals surface area contributed by atoms with Gasteiger partial charge < -0.3 is 9.30 Å². The molecule has 0 amide bonds. The van der Waals surface area contributed by atoms with Crippen molar-refractivity contribution in [2.24, 2.45) is 0 Å². The number of fused-ring (bicyclic) bond motifs is 1. The first-order valence-electron chi connectivity index (χ1n) is 6.29. The summed E-state index contributed by atoms with van der Waals surface area (Å²) in [7, 11) is 0. The zero-order chi connectivity index (χ0) is 13.0. The van der Waals surface area contributed by atoms with Crippen LogP contribution in [0.15, 0.2) is 18.2 Å². The molecule has 0 unspecified atom stereocenters. The molecule has 4 nitrogen and oxygen atoms in total. The van der Waals surface area contributed by atoms with Crippen LogP contribution in [0.3, 0.4) is 0 Å².